The molecule has 3 aromatic heterocycles. The van der Waals surface area contributed by atoms with Crippen molar-refractivity contribution in [3.63, 3.8) is 0 Å². The third-order valence-corrected chi connectivity index (χ3v) is 4.94. The molecule has 0 saturated heterocycles. The predicted octanol–water partition coefficient (Wildman–Crippen LogP) is 4.25. The molecule has 26 heavy (non-hydrogen) atoms. The first kappa shape index (κ1) is 16.7. The number of aromatic nitrogens is 4. The average molecular weight is 365 g/mol. The van der Waals surface area contributed by atoms with Crippen molar-refractivity contribution >= 4 is 32.4 Å². The topological polar surface area (TPSA) is 64.9 Å². The lowest BCUT2D eigenvalue weighted by atomic mass is 10.1. The van der Waals surface area contributed by atoms with E-state index in [1.165, 1.54) is 0 Å². The van der Waals surface area contributed by atoms with Gasteiger partial charge in [-0.25, -0.2) is 4.98 Å². The predicted molar refractivity (Wildman–Crippen MR) is 105 cm³/mol. The Bertz CT molecular complexity index is 1040. The van der Waals surface area contributed by atoms with Crippen molar-refractivity contribution in [1.29, 1.82) is 0 Å². The molecule has 0 bridgehead atoms. The van der Waals surface area contributed by atoms with Gasteiger partial charge in [-0.2, -0.15) is 5.10 Å². The largest absolute Gasteiger partial charge is 0.383 e. The second-order valence-electron chi connectivity index (χ2n) is 6.06. The van der Waals surface area contributed by atoms with Crippen molar-refractivity contribution in [3.05, 3.63) is 54.6 Å². The van der Waals surface area contributed by atoms with Gasteiger partial charge in [-0.1, -0.05) is 17.4 Å². The Morgan fingerprint density at radius 2 is 2.08 bits per heavy atom. The van der Waals surface area contributed by atoms with E-state index in [2.05, 4.69) is 51.6 Å². The van der Waals surface area contributed by atoms with E-state index in [1.54, 1.807) is 24.6 Å². The molecule has 0 aliphatic heterocycles. The number of hydrogen-bond donors (Lipinski definition) is 1. The van der Waals surface area contributed by atoms with Crippen LogP contribution in [0.4, 0.5) is 10.8 Å². The maximum atomic E-state index is 5.07. The van der Waals surface area contributed by atoms with Crippen LogP contribution in [-0.4, -0.2) is 33.5 Å². The highest BCUT2D eigenvalue weighted by Gasteiger charge is 2.08. The zero-order valence-electron chi connectivity index (χ0n) is 14.6. The van der Waals surface area contributed by atoms with Crippen LogP contribution in [0.3, 0.4) is 0 Å². The van der Waals surface area contributed by atoms with Crippen molar-refractivity contribution in [2.45, 2.75) is 13.5 Å². The number of thiazole rings is 1. The maximum Gasteiger partial charge on any atom is 0.188 e. The number of ether oxygens (including phenoxy) is 1. The Hall–Kier alpha value is -2.77. The molecular weight excluding hydrogens is 346 g/mol. The van der Waals surface area contributed by atoms with Gasteiger partial charge in [-0.05, 0) is 36.2 Å². The molecule has 0 radical (unpaired) electrons. The van der Waals surface area contributed by atoms with Gasteiger partial charge in [0.25, 0.3) is 0 Å². The van der Waals surface area contributed by atoms with Crippen molar-refractivity contribution < 1.29 is 4.74 Å². The molecule has 0 fully saturated rings. The highest BCUT2D eigenvalue weighted by Crippen LogP contribution is 2.31. The Kier molecular flexibility index (Phi) is 4.64. The maximum absolute atomic E-state index is 5.07. The zero-order chi connectivity index (χ0) is 17.9. The van der Waals surface area contributed by atoms with E-state index in [0.29, 0.717) is 6.61 Å². The molecule has 0 aliphatic rings. The van der Waals surface area contributed by atoms with Gasteiger partial charge in [0.05, 0.1) is 35.3 Å². The summed E-state index contributed by atoms with van der Waals surface area (Å²) in [5, 5.41) is 8.49. The summed E-state index contributed by atoms with van der Waals surface area (Å²) in [7, 11) is 1.69. The number of methoxy groups -OCH3 is 1. The summed E-state index contributed by atoms with van der Waals surface area (Å²) in [6, 6.07) is 8.45. The first-order valence-electron chi connectivity index (χ1n) is 8.32. The summed E-state index contributed by atoms with van der Waals surface area (Å²) in [5.41, 5.74) is 5.32. The Balaban J connectivity index is 1.56. The first-order valence-corrected chi connectivity index (χ1v) is 9.14. The molecule has 0 amide bonds. The molecule has 0 spiro atoms. The number of aryl methyl sites for hydroxylation is 1. The monoisotopic (exact) mass is 365 g/mol. The molecule has 7 heteroatoms. The lowest BCUT2D eigenvalue weighted by Crippen LogP contribution is -2.03. The van der Waals surface area contributed by atoms with E-state index in [0.717, 1.165) is 44.3 Å². The number of rotatable bonds is 6. The minimum Gasteiger partial charge on any atom is -0.383 e. The standard InChI is InChI=1S/C19H19N5OS/c1-13-7-15(10-20-9-13)14-3-4-17-18(8-14)26-19(23-17)22-16-11-21-24(12-16)5-6-25-2/h3-4,7-12H,5-6H2,1-2H3,(H,22,23). The van der Waals surface area contributed by atoms with E-state index in [9.17, 15) is 0 Å². The van der Waals surface area contributed by atoms with E-state index in [-0.39, 0.29) is 0 Å². The number of fused-ring (bicyclic) bond motifs is 1. The number of nitrogens with one attached hydrogen (secondary N) is 1. The Morgan fingerprint density at radius 1 is 1.15 bits per heavy atom. The fourth-order valence-corrected chi connectivity index (χ4v) is 3.65. The van der Waals surface area contributed by atoms with E-state index >= 15 is 0 Å². The number of benzene rings is 1. The second-order valence-corrected chi connectivity index (χ2v) is 7.09. The molecule has 0 atom stereocenters. The third-order valence-electron chi connectivity index (χ3n) is 4.01. The number of nitrogens with zero attached hydrogens (tertiary/aromatic N) is 4. The number of pyridine rings is 1. The summed E-state index contributed by atoms with van der Waals surface area (Å²) < 4.78 is 8.06. The van der Waals surface area contributed by atoms with Gasteiger partial charge in [0, 0.05) is 31.3 Å². The average Bonchev–Trinajstić information content (AvgIpc) is 3.25. The van der Waals surface area contributed by atoms with Crippen LogP contribution in [0.25, 0.3) is 21.3 Å². The van der Waals surface area contributed by atoms with E-state index in [1.807, 2.05) is 23.3 Å². The quantitative estimate of drug-likeness (QED) is 0.553. The van der Waals surface area contributed by atoms with Gasteiger partial charge in [0.15, 0.2) is 5.13 Å². The smallest absolute Gasteiger partial charge is 0.188 e. The molecule has 0 aliphatic carbocycles. The third kappa shape index (κ3) is 3.58. The minimum absolute atomic E-state index is 0.638. The number of hydrogen-bond acceptors (Lipinski definition) is 6. The Labute approximate surface area is 155 Å². The fraction of sp³-hybridized carbons (Fsp3) is 0.211. The SMILES string of the molecule is COCCn1cc(Nc2nc3ccc(-c4cncc(C)c4)cc3s2)cn1. The zero-order valence-corrected chi connectivity index (χ0v) is 15.5. The van der Waals surface area contributed by atoms with Gasteiger partial charge in [-0.3, -0.25) is 9.67 Å². The van der Waals surface area contributed by atoms with Crippen molar-refractivity contribution in [1.82, 2.24) is 19.7 Å². The normalized spacial score (nSPS) is 11.2. The first-order chi connectivity index (χ1) is 12.7. The van der Waals surface area contributed by atoms with Crippen molar-refractivity contribution in [3.8, 4) is 11.1 Å². The van der Waals surface area contributed by atoms with E-state index in [4.69, 9.17) is 4.74 Å². The van der Waals surface area contributed by atoms with Crippen LogP contribution >= 0.6 is 11.3 Å². The molecule has 0 unspecified atom stereocenters. The second kappa shape index (κ2) is 7.23. The van der Waals surface area contributed by atoms with Gasteiger partial charge >= 0.3 is 0 Å². The van der Waals surface area contributed by atoms with Crippen LogP contribution in [0.5, 0.6) is 0 Å². The molecule has 3 heterocycles. The highest BCUT2D eigenvalue weighted by atomic mass is 32.1. The summed E-state index contributed by atoms with van der Waals surface area (Å²) in [6.45, 7) is 3.42. The van der Waals surface area contributed by atoms with Crippen LogP contribution in [0.15, 0.2) is 49.1 Å². The van der Waals surface area contributed by atoms with Gasteiger partial charge in [0.2, 0.25) is 0 Å². The van der Waals surface area contributed by atoms with Crippen LogP contribution in [-0.2, 0) is 11.3 Å². The van der Waals surface area contributed by atoms with Crippen LogP contribution in [0.1, 0.15) is 5.56 Å². The number of anilines is 2. The van der Waals surface area contributed by atoms with Gasteiger partial charge in [-0.15, -0.1) is 0 Å². The molecule has 0 saturated carbocycles. The molecule has 4 rings (SSSR count). The van der Waals surface area contributed by atoms with E-state index < -0.39 is 0 Å². The van der Waals surface area contributed by atoms with Gasteiger partial charge in [0.1, 0.15) is 0 Å². The lowest BCUT2D eigenvalue weighted by molar-refractivity contribution is 0.183. The van der Waals surface area contributed by atoms with Crippen LogP contribution in [0.2, 0.25) is 0 Å². The van der Waals surface area contributed by atoms with Gasteiger partial charge < -0.3 is 10.1 Å². The molecule has 1 aromatic carbocycles. The highest BCUT2D eigenvalue weighted by molar-refractivity contribution is 7.22. The van der Waals surface area contributed by atoms with Crippen molar-refractivity contribution in [2.24, 2.45) is 0 Å². The molecule has 4 aromatic rings. The molecule has 132 valence electrons. The molecule has 1 N–H and O–H groups in total. The van der Waals surface area contributed by atoms with Crippen LogP contribution in [0, 0.1) is 6.92 Å². The Morgan fingerprint density at radius 3 is 2.92 bits per heavy atom. The minimum atomic E-state index is 0.638. The molecule has 6 nitrogen and oxygen atoms in total. The lowest BCUT2D eigenvalue weighted by Gasteiger charge is -2.01. The summed E-state index contributed by atoms with van der Waals surface area (Å²) in [6.07, 6.45) is 7.51. The summed E-state index contributed by atoms with van der Waals surface area (Å²) >= 11 is 1.63. The fourth-order valence-electron chi connectivity index (χ4n) is 2.73. The van der Waals surface area contributed by atoms with Crippen LogP contribution < -0.4 is 5.32 Å². The van der Waals surface area contributed by atoms with Crippen molar-refractivity contribution in [2.75, 3.05) is 19.0 Å². The summed E-state index contributed by atoms with van der Waals surface area (Å²) in [5.74, 6) is 0. The molecular formula is C19H19N5OS. The summed E-state index contributed by atoms with van der Waals surface area (Å²) in [4.78, 5) is 8.94.